The van der Waals surface area contributed by atoms with Crippen LogP contribution in [0.5, 0.6) is 5.75 Å². The Labute approximate surface area is 180 Å². The Morgan fingerprint density at radius 2 is 2.21 bits per heavy atom. The fourth-order valence-corrected chi connectivity index (χ4v) is 4.08. The van der Waals surface area contributed by atoms with Gasteiger partial charge in [0.25, 0.3) is 5.91 Å². The van der Waals surface area contributed by atoms with Gasteiger partial charge in [-0.1, -0.05) is 34.1 Å². The van der Waals surface area contributed by atoms with Crippen molar-refractivity contribution in [2.75, 3.05) is 18.5 Å². The Hall–Kier alpha value is -2.97. The summed E-state index contributed by atoms with van der Waals surface area (Å²) in [5.41, 5.74) is 3.38. The van der Waals surface area contributed by atoms with Crippen molar-refractivity contribution in [2.24, 2.45) is 10.1 Å². The second kappa shape index (κ2) is 8.59. The van der Waals surface area contributed by atoms with Crippen molar-refractivity contribution in [3.63, 3.8) is 0 Å². The molecule has 146 valence electrons. The Morgan fingerprint density at radius 1 is 1.31 bits per heavy atom. The van der Waals surface area contributed by atoms with E-state index in [-0.39, 0.29) is 12.5 Å². The van der Waals surface area contributed by atoms with Gasteiger partial charge in [-0.2, -0.15) is 5.10 Å². The molecule has 1 aliphatic rings. The SMILES string of the molecule is C=CCN=c1scc(-c2ccc3c(c2)NC(=O)CO3)n1N=Cc1cccc(Br)c1. The van der Waals surface area contributed by atoms with Crippen LogP contribution in [0.4, 0.5) is 5.69 Å². The third-order valence-corrected chi connectivity index (χ3v) is 5.47. The number of ether oxygens (including phenoxy) is 1. The highest BCUT2D eigenvalue weighted by Gasteiger charge is 2.17. The largest absolute Gasteiger partial charge is 0.482 e. The fraction of sp³-hybridized carbons (Fsp3) is 0.0952. The maximum absolute atomic E-state index is 11.7. The molecule has 29 heavy (non-hydrogen) atoms. The molecule has 0 atom stereocenters. The first kappa shape index (κ1) is 19.4. The van der Waals surface area contributed by atoms with Crippen molar-refractivity contribution in [3.8, 4) is 17.0 Å². The minimum absolute atomic E-state index is 0.0340. The molecule has 4 rings (SSSR count). The number of hydrogen-bond donors (Lipinski definition) is 1. The van der Waals surface area contributed by atoms with Gasteiger partial charge in [0, 0.05) is 15.4 Å². The molecule has 1 aromatic heterocycles. The fourth-order valence-electron chi connectivity index (χ4n) is 2.81. The number of aromatic nitrogens is 1. The summed E-state index contributed by atoms with van der Waals surface area (Å²) in [6.07, 6.45) is 3.53. The number of hydrogen-bond acceptors (Lipinski definition) is 5. The molecule has 0 unspecified atom stereocenters. The second-order valence-corrected chi connectivity index (χ2v) is 7.94. The van der Waals surface area contributed by atoms with Gasteiger partial charge in [0.05, 0.1) is 24.1 Å². The molecule has 0 bridgehead atoms. The van der Waals surface area contributed by atoms with Gasteiger partial charge in [0.15, 0.2) is 6.61 Å². The van der Waals surface area contributed by atoms with Gasteiger partial charge in [-0.25, -0.2) is 4.68 Å². The lowest BCUT2D eigenvalue weighted by atomic mass is 10.1. The van der Waals surface area contributed by atoms with Crippen molar-refractivity contribution in [1.29, 1.82) is 0 Å². The number of amides is 1. The van der Waals surface area contributed by atoms with Crippen LogP contribution in [0.1, 0.15) is 5.56 Å². The molecular weight excluding hydrogens is 452 g/mol. The normalized spacial score (nSPS) is 13.8. The third kappa shape index (κ3) is 4.38. The first-order chi connectivity index (χ1) is 14.1. The molecule has 6 nitrogen and oxygen atoms in total. The number of anilines is 1. The number of carbonyl (C=O) groups is 1. The van der Waals surface area contributed by atoms with Crippen LogP contribution in [0.15, 0.2) is 75.1 Å². The van der Waals surface area contributed by atoms with Crippen molar-refractivity contribution in [2.45, 2.75) is 0 Å². The van der Waals surface area contributed by atoms with Crippen LogP contribution in [0, 0.1) is 0 Å². The summed E-state index contributed by atoms with van der Waals surface area (Å²) in [6.45, 7) is 4.27. The smallest absolute Gasteiger partial charge is 0.262 e. The van der Waals surface area contributed by atoms with Crippen molar-refractivity contribution in [1.82, 2.24) is 4.68 Å². The first-order valence-corrected chi connectivity index (χ1v) is 10.5. The number of fused-ring (bicyclic) bond motifs is 1. The zero-order chi connectivity index (χ0) is 20.2. The summed E-state index contributed by atoms with van der Waals surface area (Å²) in [4.78, 5) is 17.0. The molecule has 1 N–H and O–H groups in total. The van der Waals surface area contributed by atoms with E-state index < -0.39 is 0 Å². The summed E-state index contributed by atoms with van der Waals surface area (Å²) in [5, 5.41) is 9.51. The quantitative estimate of drug-likeness (QED) is 0.448. The van der Waals surface area contributed by atoms with Crippen LogP contribution in [0.2, 0.25) is 0 Å². The average Bonchev–Trinajstić information content (AvgIpc) is 3.13. The summed E-state index contributed by atoms with van der Waals surface area (Å²) in [5.74, 6) is 0.492. The molecule has 1 amide bonds. The first-order valence-electron chi connectivity index (χ1n) is 8.83. The predicted molar refractivity (Wildman–Crippen MR) is 120 cm³/mol. The van der Waals surface area contributed by atoms with Crippen LogP contribution in [0.3, 0.4) is 0 Å². The van der Waals surface area contributed by atoms with Crippen LogP contribution in [0.25, 0.3) is 11.3 Å². The molecule has 0 saturated heterocycles. The van der Waals surface area contributed by atoms with Crippen LogP contribution < -0.4 is 14.9 Å². The zero-order valence-electron chi connectivity index (χ0n) is 15.3. The highest BCUT2D eigenvalue weighted by Crippen LogP contribution is 2.32. The Morgan fingerprint density at radius 3 is 3.03 bits per heavy atom. The topological polar surface area (TPSA) is 68.0 Å². The van der Waals surface area contributed by atoms with Gasteiger partial charge < -0.3 is 10.1 Å². The van der Waals surface area contributed by atoms with E-state index in [9.17, 15) is 4.79 Å². The molecule has 8 heteroatoms. The molecule has 0 saturated carbocycles. The molecule has 3 aromatic rings. The number of carbonyl (C=O) groups excluding carboxylic acids is 1. The molecule has 0 radical (unpaired) electrons. The van der Waals surface area contributed by atoms with E-state index >= 15 is 0 Å². The average molecular weight is 469 g/mol. The minimum Gasteiger partial charge on any atom is -0.482 e. The minimum atomic E-state index is -0.165. The van der Waals surface area contributed by atoms with Gasteiger partial charge in [-0.3, -0.25) is 9.79 Å². The van der Waals surface area contributed by atoms with E-state index in [1.807, 2.05) is 47.8 Å². The number of halogens is 1. The monoisotopic (exact) mass is 468 g/mol. The maximum Gasteiger partial charge on any atom is 0.262 e. The van der Waals surface area contributed by atoms with Gasteiger partial charge >= 0.3 is 0 Å². The van der Waals surface area contributed by atoms with Crippen LogP contribution in [-0.2, 0) is 4.79 Å². The number of thiazole rings is 1. The molecule has 0 fully saturated rings. The zero-order valence-corrected chi connectivity index (χ0v) is 17.7. The number of benzene rings is 2. The molecule has 0 spiro atoms. The lowest BCUT2D eigenvalue weighted by Gasteiger charge is -2.18. The van der Waals surface area contributed by atoms with E-state index in [4.69, 9.17) is 4.74 Å². The highest BCUT2D eigenvalue weighted by atomic mass is 79.9. The van der Waals surface area contributed by atoms with E-state index in [0.29, 0.717) is 18.0 Å². The summed E-state index contributed by atoms with van der Waals surface area (Å²) in [7, 11) is 0. The number of nitrogens with zero attached hydrogens (tertiary/aromatic N) is 3. The van der Waals surface area contributed by atoms with Gasteiger partial charge in [0.2, 0.25) is 4.80 Å². The predicted octanol–water partition coefficient (Wildman–Crippen LogP) is 4.28. The summed E-state index contributed by atoms with van der Waals surface area (Å²) >= 11 is 4.97. The van der Waals surface area contributed by atoms with E-state index in [1.165, 1.54) is 11.3 Å². The third-order valence-electron chi connectivity index (χ3n) is 4.12. The molecule has 2 aromatic carbocycles. The Balaban J connectivity index is 1.78. The Kier molecular flexibility index (Phi) is 5.73. The maximum atomic E-state index is 11.7. The van der Waals surface area contributed by atoms with Gasteiger partial charge in [-0.05, 0) is 35.9 Å². The lowest BCUT2D eigenvalue weighted by Crippen LogP contribution is -2.25. The molecule has 1 aliphatic heterocycles. The van der Waals surface area contributed by atoms with E-state index in [1.54, 1.807) is 17.0 Å². The second-order valence-electron chi connectivity index (χ2n) is 6.19. The van der Waals surface area contributed by atoms with Crippen molar-refractivity contribution >= 4 is 45.1 Å². The van der Waals surface area contributed by atoms with Crippen molar-refractivity contribution in [3.05, 3.63) is 75.3 Å². The lowest BCUT2D eigenvalue weighted by molar-refractivity contribution is -0.118. The van der Waals surface area contributed by atoms with Crippen molar-refractivity contribution < 1.29 is 9.53 Å². The molecule has 0 aliphatic carbocycles. The van der Waals surface area contributed by atoms with Gasteiger partial charge in [-0.15, -0.1) is 17.9 Å². The molecule has 2 heterocycles. The van der Waals surface area contributed by atoms with Gasteiger partial charge in [0.1, 0.15) is 5.75 Å². The van der Waals surface area contributed by atoms with Crippen LogP contribution in [-0.4, -0.2) is 29.9 Å². The molecular formula is C21H17BrN4O2S. The van der Waals surface area contributed by atoms with E-state index in [0.717, 1.165) is 26.1 Å². The van der Waals surface area contributed by atoms with E-state index in [2.05, 4.69) is 37.9 Å². The summed E-state index contributed by atoms with van der Waals surface area (Å²) in [6, 6.07) is 13.6. The Bertz CT molecular complexity index is 1180. The number of rotatable bonds is 5. The van der Waals surface area contributed by atoms with Crippen LogP contribution >= 0.6 is 27.3 Å². The highest BCUT2D eigenvalue weighted by molar-refractivity contribution is 9.10. The standard InChI is InChI=1S/C21H17BrN4O2S/c1-2-8-23-21-26(24-11-14-4-3-5-16(22)9-14)18(13-29-21)15-6-7-19-17(10-15)25-20(27)12-28-19/h2-7,9-11,13H,1,8,12H2,(H,25,27). The summed E-state index contributed by atoms with van der Waals surface area (Å²) < 4.78 is 8.23. The number of nitrogens with one attached hydrogen (secondary N) is 1.